The van der Waals surface area contributed by atoms with Gasteiger partial charge >= 0.3 is 0 Å². The number of hydrogen-bond acceptors (Lipinski definition) is 0. The zero-order valence-corrected chi connectivity index (χ0v) is 7.38. The van der Waals surface area contributed by atoms with E-state index in [4.69, 9.17) is 0 Å². The van der Waals surface area contributed by atoms with Gasteiger partial charge in [0, 0.05) is 0 Å². The van der Waals surface area contributed by atoms with Crippen LogP contribution in [0.5, 0.6) is 0 Å². The van der Waals surface area contributed by atoms with Gasteiger partial charge in [-0.2, -0.15) is 0 Å². The van der Waals surface area contributed by atoms with Gasteiger partial charge in [-0.3, -0.25) is 0 Å². The van der Waals surface area contributed by atoms with Crippen molar-refractivity contribution in [1.29, 1.82) is 0 Å². The van der Waals surface area contributed by atoms with Crippen molar-refractivity contribution in [3.8, 4) is 0 Å². The maximum absolute atomic E-state index is 2.35. The third-order valence-corrected chi connectivity index (χ3v) is 3.36. The summed E-state index contributed by atoms with van der Waals surface area (Å²) in [5.41, 5.74) is 1.60. The third-order valence-electron chi connectivity index (χ3n) is 3.36. The van der Waals surface area contributed by atoms with Crippen LogP contribution in [0.3, 0.4) is 0 Å². The number of allylic oxidation sites excluding steroid dienone is 4. The van der Waals surface area contributed by atoms with E-state index >= 15 is 0 Å². The first-order valence-corrected chi connectivity index (χ1v) is 4.64. The minimum Gasteiger partial charge on any atom is -0.0814 e. The molecule has 0 radical (unpaired) electrons. The van der Waals surface area contributed by atoms with E-state index in [2.05, 4.69) is 32.1 Å². The van der Waals surface area contributed by atoms with E-state index in [0.29, 0.717) is 0 Å². The predicted molar refractivity (Wildman–Crippen MR) is 48.3 cm³/mol. The molecule has 3 unspecified atom stereocenters. The Bertz CT molecular complexity index is 210. The maximum Gasteiger partial charge on any atom is -0.0169 e. The van der Waals surface area contributed by atoms with E-state index in [1.165, 1.54) is 12.8 Å². The second-order valence-electron chi connectivity index (χ2n) is 4.00. The molecule has 60 valence electrons. The molecule has 1 fully saturated rings. The van der Waals surface area contributed by atoms with Crippen LogP contribution in [0, 0.1) is 17.8 Å². The maximum atomic E-state index is 2.35. The molecule has 0 nitrogen and oxygen atoms in total. The molecule has 2 aliphatic carbocycles. The Morgan fingerprint density at radius 2 is 2.18 bits per heavy atom. The third kappa shape index (κ3) is 1.05. The summed E-state index contributed by atoms with van der Waals surface area (Å²) in [6.07, 6.45) is 9.76. The van der Waals surface area contributed by atoms with Crippen LogP contribution in [0.15, 0.2) is 23.8 Å². The zero-order valence-electron chi connectivity index (χ0n) is 7.38. The topological polar surface area (TPSA) is 0 Å². The average Bonchev–Trinajstić information content (AvgIpc) is 1.90. The van der Waals surface area contributed by atoms with Crippen molar-refractivity contribution in [3.63, 3.8) is 0 Å². The van der Waals surface area contributed by atoms with Crippen LogP contribution in [0.4, 0.5) is 0 Å². The molecule has 0 N–H and O–H groups in total. The fourth-order valence-electron chi connectivity index (χ4n) is 2.37. The van der Waals surface area contributed by atoms with Gasteiger partial charge in [0.2, 0.25) is 0 Å². The fraction of sp³-hybridized carbons (Fsp3) is 0.636. The lowest BCUT2D eigenvalue weighted by molar-refractivity contribution is 0.170. The molecule has 0 aliphatic heterocycles. The highest BCUT2D eigenvalue weighted by atomic mass is 14.4. The Morgan fingerprint density at radius 3 is 2.82 bits per heavy atom. The molecular weight excluding hydrogens is 132 g/mol. The van der Waals surface area contributed by atoms with Crippen LogP contribution in [-0.2, 0) is 0 Å². The smallest absolute Gasteiger partial charge is 0.0169 e. The molecule has 0 heterocycles. The first-order chi connectivity index (χ1) is 5.29. The summed E-state index contributed by atoms with van der Waals surface area (Å²) in [7, 11) is 0. The lowest BCUT2D eigenvalue weighted by Gasteiger charge is -2.39. The van der Waals surface area contributed by atoms with Crippen molar-refractivity contribution in [2.45, 2.75) is 26.7 Å². The summed E-state index contributed by atoms with van der Waals surface area (Å²) >= 11 is 0. The van der Waals surface area contributed by atoms with E-state index < -0.39 is 0 Å². The fourth-order valence-corrected chi connectivity index (χ4v) is 2.37. The second-order valence-corrected chi connectivity index (χ2v) is 4.00. The van der Waals surface area contributed by atoms with Gasteiger partial charge in [-0.25, -0.2) is 0 Å². The number of hydrogen-bond donors (Lipinski definition) is 0. The van der Waals surface area contributed by atoms with Crippen molar-refractivity contribution in [1.82, 2.24) is 0 Å². The number of fused-ring (bicyclic) bond motifs is 1. The van der Waals surface area contributed by atoms with Gasteiger partial charge in [0.1, 0.15) is 0 Å². The number of rotatable bonds is 0. The van der Waals surface area contributed by atoms with Gasteiger partial charge in [0.25, 0.3) is 0 Å². The summed E-state index contributed by atoms with van der Waals surface area (Å²) < 4.78 is 0. The monoisotopic (exact) mass is 148 g/mol. The van der Waals surface area contributed by atoms with Gasteiger partial charge in [0.15, 0.2) is 0 Å². The van der Waals surface area contributed by atoms with Crippen LogP contribution in [0.1, 0.15) is 26.7 Å². The Labute approximate surface area is 69.0 Å². The van der Waals surface area contributed by atoms with Gasteiger partial charge in [-0.15, -0.1) is 0 Å². The highest BCUT2D eigenvalue weighted by molar-refractivity contribution is 5.21. The Morgan fingerprint density at radius 1 is 1.36 bits per heavy atom. The Balaban J connectivity index is 2.21. The highest BCUT2D eigenvalue weighted by Crippen LogP contribution is 2.45. The van der Waals surface area contributed by atoms with E-state index in [0.717, 1.165) is 17.8 Å². The van der Waals surface area contributed by atoms with Crippen LogP contribution in [-0.4, -0.2) is 0 Å². The van der Waals surface area contributed by atoms with Gasteiger partial charge in [-0.1, -0.05) is 30.7 Å². The molecule has 3 atom stereocenters. The van der Waals surface area contributed by atoms with Crippen molar-refractivity contribution in [2.75, 3.05) is 0 Å². The zero-order chi connectivity index (χ0) is 7.84. The predicted octanol–water partition coefficient (Wildman–Crippen LogP) is 3.16. The molecule has 0 aromatic heterocycles. The molecule has 0 heteroatoms. The standard InChI is InChI=1S/C11H16/c1-8-4-3-5-9(2)11-7-6-10(8)11/h3-5,8,10-11H,6-7H2,1-2H3. The molecular formula is C11H16. The highest BCUT2D eigenvalue weighted by Gasteiger charge is 2.35. The van der Waals surface area contributed by atoms with Crippen molar-refractivity contribution in [3.05, 3.63) is 23.8 Å². The van der Waals surface area contributed by atoms with Gasteiger partial charge in [0.05, 0.1) is 0 Å². The molecule has 0 aromatic rings. The van der Waals surface area contributed by atoms with E-state index in [1.54, 1.807) is 5.57 Å². The van der Waals surface area contributed by atoms with E-state index in [9.17, 15) is 0 Å². The average molecular weight is 148 g/mol. The van der Waals surface area contributed by atoms with Crippen LogP contribution in [0.2, 0.25) is 0 Å². The molecule has 0 aromatic carbocycles. The molecule has 11 heavy (non-hydrogen) atoms. The van der Waals surface area contributed by atoms with E-state index in [1.807, 2.05) is 0 Å². The van der Waals surface area contributed by atoms with Gasteiger partial charge < -0.3 is 0 Å². The summed E-state index contributed by atoms with van der Waals surface area (Å²) in [6.45, 7) is 4.62. The largest absolute Gasteiger partial charge is 0.0814 e. The molecule has 0 saturated heterocycles. The molecule has 1 saturated carbocycles. The summed E-state index contributed by atoms with van der Waals surface area (Å²) in [4.78, 5) is 0. The van der Waals surface area contributed by atoms with Crippen LogP contribution in [0.25, 0.3) is 0 Å². The van der Waals surface area contributed by atoms with Gasteiger partial charge in [-0.05, 0) is 37.5 Å². The van der Waals surface area contributed by atoms with Crippen molar-refractivity contribution >= 4 is 0 Å². The van der Waals surface area contributed by atoms with Crippen molar-refractivity contribution in [2.24, 2.45) is 17.8 Å². The Kier molecular flexibility index (Phi) is 1.63. The first kappa shape index (κ1) is 7.15. The summed E-state index contributed by atoms with van der Waals surface area (Å²) in [5.74, 6) is 2.69. The lowest BCUT2D eigenvalue weighted by atomic mass is 9.65. The molecule has 0 bridgehead atoms. The van der Waals surface area contributed by atoms with Crippen molar-refractivity contribution < 1.29 is 0 Å². The van der Waals surface area contributed by atoms with Crippen LogP contribution < -0.4 is 0 Å². The summed E-state index contributed by atoms with van der Waals surface area (Å²) in [5, 5.41) is 0. The normalized spacial score (nSPS) is 42.0. The lowest BCUT2D eigenvalue weighted by Crippen LogP contribution is -2.30. The molecule has 0 amide bonds. The molecule has 0 spiro atoms. The summed E-state index contributed by atoms with van der Waals surface area (Å²) in [6, 6.07) is 0. The first-order valence-electron chi connectivity index (χ1n) is 4.64. The van der Waals surface area contributed by atoms with Crippen LogP contribution >= 0.6 is 0 Å². The molecule has 2 rings (SSSR count). The quantitative estimate of drug-likeness (QED) is 0.495. The second kappa shape index (κ2) is 2.51. The molecule has 2 aliphatic rings. The SMILES string of the molecule is CC1=CC=CC(C)C2CCC12. The minimum atomic E-state index is 0.808. The van der Waals surface area contributed by atoms with E-state index in [-0.39, 0.29) is 0 Å². The minimum absolute atomic E-state index is 0.808. The Hall–Kier alpha value is -0.520.